The van der Waals surface area contributed by atoms with Crippen LogP contribution in [0.2, 0.25) is 5.02 Å². The molecule has 0 spiro atoms. The molecule has 1 saturated heterocycles. The summed E-state index contributed by atoms with van der Waals surface area (Å²) in [5.41, 5.74) is 2.96. The van der Waals surface area contributed by atoms with Crippen molar-refractivity contribution in [3.05, 3.63) is 75.7 Å². The van der Waals surface area contributed by atoms with Gasteiger partial charge in [-0.2, -0.15) is 0 Å². The summed E-state index contributed by atoms with van der Waals surface area (Å²) < 4.78 is 29.3. The van der Waals surface area contributed by atoms with Crippen LogP contribution in [0.15, 0.2) is 60.0 Å². The number of hydrogen-bond donors (Lipinski definition) is 2. The van der Waals surface area contributed by atoms with Crippen LogP contribution in [-0.2, 0) is 16.0 Å². The Kier molecular flexibility index (Phi) is 8.12. The molecule has 2 heterocycles. The maximum absolute atomic E-state index is 12.5. The highest BCUT2D eigenvalue weighted by atomic mass is 35.5. The van der Waals surface area contributed by atoms with E-state index in [2.05, 4.69) is 45.8 Å². The van der Waals surface area contributed by atoms with Gasteiger partial charge in [0.2, 0.25) is 6.41 Å². The largest absolute Gasteiger partial charge is 0.329 e. The van der Waals surface area contributed by atoms with Crippen molar-refractivity contribution in [2.24, 2.45) is 0 Å². The minimum absolute atomic E-state index is 0.00292. The first-order valence-corrected chi connectivity index (χ1v) is 11.5. The lowest BCUT2D eigenvalue weighted by Gasteiger charge is -2.28. The lowest BCUT2D eigenvalue weighted by molar-refractivity contribution is -0.105. The van der Waals surface area contributed by atoms with Gasteiger partial charge in [0.05, 0.1) is 11.1 Å². The third kappa shape index (κ3) is 5.96. The first-order chi connectivity index (χ1) is 14.5. The van der Waals surface area contributed by atoms with E-state index in [1.165, 1.54) is 34.2 Å². The van der Waals surface area contributed by atoms with Gasteiger partial charge < -0.3 is 5.32 Å². The van der Waals surface area contributed by atoms with Crippen LogP contribution in [0.3, 0.4) is 0 Å². The van der Waals surface area contributed by atoms with Gasteiger partial charge in [-0.1, -0.05) is 41.9 Å². The molecule has 0 bridgehead atoms. The van der Waals surface area contributed by atoms with Gasteiger partial charge >= 0.3 is 0 Å². The van der Waals surface area contributed by atoms with E-state index < -0.39 is 17.0 Å². The van der Waals surface area contributed by atoms with Crippen molar-refractivity contribution in [1.29, 1.82) is 0 Å². The highest BCUT2D eigenvalue weighted by Crippen LogP contribution is 2.32. The molecule has 1 amide bonds. The standard InChI is InChI=1S/C14H16N2OS2.C7H5ClFNO/c1-16-8-7-13(15-19(16)17)14-9-12(10-18-14)11-5-3-2-4-6-11;8-6-3-5(10-4-11)1-2-7(6)9/h2-6,9-10,13,15H,7-8H2,1H3;1-4H,(H,10,11)/t13-,19?;/m0./s1. The van der Waals surface area contributed by atoms with Crippen LogP contribution in [0.1, 0.15) is 17.3 Å². The quantitative estimate of drug-likeness (QED) is 0.532. The highest BCUT2D eigenvalue weighted by molar-refractivity contribution is 7.80. The Morgan fingerprint density at radius 2 is 2.00 bits per heavy atom. The second kappa shape index (κ2) is 10.8. The van der Waals surface area contributed by atoms with Crippen molar-refractivity contribution in [3.8, 4) is 11.1 Å². The molecule has 0 aliphatic carbocycles. The van der Waals surface area contributed by atoms with Gasteiger partial charge in [0.15, 0.2) is 11.2 Å². The van der Waals surface area contributed by atoms with Crippen LogP contribution < -0.4 is 10.0 Å². The van der Waals surface area contributed by atoms with Crippen molar-refractivity contribution >= 4 is 46.2 Å². The first-order valence-electron chi connectivity index (χ1n) is 9.16. The highest BCUT2D eigenvalue weighted by Gasteiger charge is 2.24. The zero-order valence-corrected chi connectivity index (χ0v) is 18.6. The molecule has 5 nitrogen and oxygen atoms in total. The maximum Gasteiger partial charge on any atom is 0.211 e. The molecule has 1 unspecified atom stereocenters. The molecule has 158 valence electrons. The van der Waals surface area contributed by atoms with Gasteiger partial charge in [-0.3, -0.25) is 4.79 Å². The molecule has 1 aliphatic rings. The molecule has 0 saturated carbocycles. The van der Waals surface area contributed by atoms with Gasteiger partial charge in [-0.25, -0.2) is 17.6 Å². The van der Waals surface area contributed by atoms with Crippen molar-refractivity contribution in [3.63, 3.8) is 0 Å². The third-order valence-electron chi connectivity index (χ3n) is 4.47. The number of halogens is 2. The fourth-order valence-corrected chi connectivity index (χ4v) is 5.03. The number of rotatable bonds is 4. The van der Waals surface area contributed by atoms with Crippen LogP contribution >= 0.6 is 22.9 Å². The Balaban J connectivity index is 0.000000199. The van der Waals surface area contributed by atoms with Crippen LogP contribution in [0, 0.1) is 5.82 Å². The number of carbonyl (C=O) groups excluding carboxylic acids is 1. The summed E-state index contributed by atoms with van der Waals surface area (Å²) in [5.74, 6) is -0.497. The third-order valence-corrected chi connectivity index (χ3v) is 7.05. The van der Waals surface area contributed by atoms with Crippen molar-refractivity contribution in [2.45, 2.75) is 12.5 Å². The smallest absolute Gasteiger partial charge is 0.211 e. The number of nitrogens with zero attached hydrogens (tertiary/aromatic N) is 1. The van der Waals surface area contributed by atoms with E-state index in [0.29, 0.717) is 12.1 Å². The van der Waals surface area contributed by atoms with Crippen molar-refractivity contribution in [1.82, 2.24) is 9.03 Å². The lowest BCUT2D eigenvalue weighted by atomic mass is 10.1. The van der Waals surface area contributed by atoms with Crippen LogP contribution in [0.4, 0.5) is 10.1 Å². The van der Waals surface area contributed by atoms with E-state index in [-0.39, 0.29) is 11.1 Å². The summed E-state index contributed by atoms with van der Waals surface area (Å²) in [4.78, 5) is 11.2. The van der Waals surface area contributed by atoms with Gasteiger partial charge in [-0.15, -0.1) is 11.3 Å². The molecule has 9 heteroatoms. The van der Waals surface area contributed by atoms with Crippen molar-refractivity contribution < 1.29 is 13.4 Å². The SMILES string of the molecule is CN1CC[C@@H](c2cc(-c3ccccc3)cs2)NS1=O.O=CNc1ccc(F)c(Cl)c1. The predicted octanol–water partition coefficient (Wildman–Crippen LogP) is 5.01. The Morgan fingerprint density at radius 1 is 1.23 bits per heavy atom. The van der Waals surface area contributed by atoms with Crippen LogP contribution in [-0.4, -0.2) is 28.5 Å². The Labute approximate surface area is 186 Å². The molecule has 1 aromatic heterocycles. The molecule has 1 fully saturated rings. The normalized spacial score (nSPS) is 18.9. The molecule has 1 aliphatic heterocycles. The second-order valence-corrected chi connectivity index (χ2v) is 9.26. The number of hydrogen-bond acceptors (Lipinski definition) is 3. The van der Waals surface area contributed by atoms with Crippen molar-refractivity contribution in [2.75, 3.05) is 18.9 Å². The van der Waals surface area contributed by atoms with Crippen LogP contribution in [0.5, 0.6) is 0 Å². The first kappa shape index (κ1) is 22.6. The molecule has 3 aromatic rings. The zero-order valence-electron chi connectivity index (χ0n) is 16.2. The molecule has 0 radical (unpaired) electrons. The number of carbonyl (C=O) groups is 1. The number of nitrogens with one attached hydrogen (secondary N) is 2. The van der Waals surface area contributed by atoms with Gasteiger partial charge in [0.1, 0.15) is 5.82 Å². The molecule has 4 rings (SSSR count). The Morgan fingerprint density at radius 3 is 2.67 bits per heavy atom. The minimum Gasteiger partial charge on any atom is -0.329 e. The van der Waals surface area contributed by atoms with Gasteiger partial charge in [-0.05, 0) is 47.2 Å². The fraction of sp³-hybridized carbons (Fsp3) is 0.190. The number of anilines is 1. The van der Waals surface area contributed by atoms with E-state index in [1.807, 2.05) is 17.4 Å². The summed E-state index contributed by atoms with van der Waals surface area (Å²) in [5, 5.41) is 4.52. The number of thiophene rings is 1. The van der Waals surface area contributed by atoms with E-state index in [0.717, 1.165) is 13.0 Å². The topological polar surface area (TPSA) is 61.4 Å². The minimum atomic E-state index is -1.06. The summed E-state index contributed by atoms with van der Waals surface area (Å²) in [6.45, 7) is 0.864. The zero-order chi connectivity index (χ0) is 21.5. The molecular formula is C21H21ClFN3O2S2. The molecule has 2 N–H and O–H groups in total. The summed E-state index contributed by atoms with van der Waals surface area (Å²) in [6, 6.07) is 16.7. The van der Waals surface area contributed by atoms with E-state index in [9.17, 15) is 13.4 Å². The molecule has 30 heavy (non-hydrogen) atoms. The van der Waals surface area contributed by atoms with Crippen LogP contribution in [0.25, 0.3) is 11.1 Å². The monoisotopic (exact) mass is 465 g/mol. The van der Waals surface area contributed by atoms with E-state index >= 15 is 0 Å². The van der Waals surface area contributed by atoms with E-state index in [1.54, 1.807) is 11.3 Å². The molecular weight excluding hydrogens is 445 g/mol. The summed E-state index contributed by atoms with van der Waals surface area (Å²) in [6.07, 6.45) is 1.50. The Hall–Kier alpha value is -2.10. The lowest BCUT2D eigenvalue weighted by Crippen LogP contribution is -2.41. The second-order valence-electron chi connectivity index (χ2n) is 6.55. The van der Waals surface area contributed by atoms with Gasteiger partial charge in [0.25, 0.3) is 0 Å². The average Bonchev–Trinajstić information content (AvgIpc) is 3.24. The number of amides is 1. The summed E-state index contributed by atoms with van der Waals surface area (Å²) in [7, 11) is 1.88. The predicted molar refractivity (Wildman–Crippen MR) is 122 cm³/mol. The fourth-order valence-electron chi connectivity index (χ4n) is 2.84. The maximum atomic E-state index is 12.5. The Bertz CT molecular complexity index is 1020. The number of benzene rings is 2. The van der Waals surface area contributed by atoms with E-state index in [4.69, 9.17) is 11.6 Å². The summed E-state index contributed by atoms with van der Waals surface area (Å²) >= 11 is 6.10. The molecule has 2 atom stereocenters. The molecule has 2 aromatic carbocycles. The van der Waals surface area contributed by atoms with Gasteiger partial charge in [0, 0.05) is 24.2 Å². The average molecular weight is 466 g/mol.